The number of hydrogen-bond donors (Lipinski definition) is 1. The molecule has 1 saturated heterocycles. The highest BCUT2D eigenvalue weighted by molar-refractivity contribution is 5.81. The summed E-state index contributed by atoms with van der Waals surface area (Å²) in [5.41, 5.74) is 3.43. The first kappa shape index (κ1) is 16.0. The maximum Gasteiger partial charge on any atom is 0.232 e. The molecule has 5 rings (SSSR count). The first-order valence-electron chi connectivity index (χ1n) is 9.04. The average Bonchev–Trinajstić information content (AvgIpc) is 3.11. The normalized spacial score (nSPS) is 21.8. The molecule has 3 aliphatic heterocycles. The second-order valence-electron chi connectivity index (χ2n) is 6.82. The van der Waals surface area contributed by atoms with E-state index < -0.39 is 0 Å². The lowest BCUT2D eigenvalue weighted by molar-refractivity contribution is 0.0222. The highest BCUT2D eigenvalue weighted by Gasteiger charge is 2.31. The van der Waals surface area contributed by atoms with Crippen LogP contribution in [0.4, 0.5) is 0 Å². The van der Waals surface area contributed by atoms with Gasteiger partial charge in [0.25, 0.3) is 0 Å². The molecule has 0 spiro atoms. The van der Waals surface area contributed by atoms with Gasteiger partial charge in [0.1, 0.15) is 6.10 Å². The quantitative estimate of drug-likeness (QED) is 0.879. The van der Waals surface area contributed by atoms with Crippen molar-refractivity contribution in [3.8, 4) is 5.88 Å². The van der Waals surface area contributed by atoms with E-state index in [4.69, 9.17) is 4.74 Å². The second-order valence-corrected chi connectivity index (χ2v) is 6.82. The van der Waals surface area contributed by atoms with Gasteiger partial charge in [0.05, 0.1) is 11.9 Å². The summed E-state index contributed by atoms with van der Waals surface area (Å²) in [6, 6.07) is 10.4. The van der Waals surface area contributed by atoms with Crippen LogP contribution in [0.25, 0.3) is 0 Å². The maximum absolute atomic E-state index is 5.82. The summed E-state index contributed by atoms with van der Waals surface area (Å²) in [5, 5.41) is 3.39. The molecule has 0 amide bonds. The van der Waals surface area contributed by atoms with Crippen molar-refractivity contribution < 1.29 is 4.74 Å². The lowest BCUT2D eigenvalue weighted by Gasteiger charge is -2.39. The Morgan fingerprint density at radius 2 is 2.04 bits per heavy atom. The topological polar surface area (TPSA) is 65.9 Å². The molecule has 0 bridgehead atoms. The minimum absolute atomic E-state index is 0.0127. The van der Waals surface area contributed by atoms with Gasteiger partial charge in [0, 0.05) is 56.3 Å². The fourth-order valence-electron chi connectivity index (χ4n) is 3.50. The van der Waals surface area contributed by atoms with Gasteiger partial charge in [-0.15, -0.1) is 0 Å². The zero-order valence-corrected chi connectivity index (χ0v) is 14.8. The zero-order valence-electron chi connectivity index (χ0n) is 14.8. The number of aromatic nitrogens is 2. The Hall–Kier alpha value is -3.19. The highest BCUT2D eigenvalue weighted by Crippen LogP contribution is 2.32. The number of nitrogens with one attached hydrogen (secondary N) is 1. The molecule has 4 heterocycles. The van der Waals surface area contributed by atoms with Crippen molar-refractivity contribution >= 4 is 6.21 Å². The van der Waals surface area contributed by atoms with Crippen LogP contribution in [-0.2, 0) is 0 Å². The van der Waals surface area contributed by atoms with Crippen LogP contribution >= 0.6 is 0 Å². The van der Waals surface area contributed by atoms with E-state index in [1.54, 1.807) is 18.6 Å². The third kappa shape index (κ3) is 3.29. The van der Waals surface area contributed by atoms with Gasteiger partial charge in [-0.05, 0) is 5.56 Å². The first-order chi connectivity index (χ1) is 13.3. The largest absolute Gasteiger partial charge is 0.471 e. The van der Waals surface area contributed by atoms with Crippen LogP contribution in [0.3, 0.4) is 0 Å². The Morgan fingerprint density at radius 1 is 1.15 bits per heavy atom. The highest BCUT2D eigenvalue weighted by atomic mass is 16.5. The number of fused-ring (bicyclic) bond motifs is 1. The Kier molecular flexibility index (Phi) is 4.06. The SMILES string of the molecule is C1=NC(c2ccccc2)N2C=C(CN3CC(Oc4cnccn4)C3)NC=C12. The van der Waals surface area contributed by atoms with Gasteiger partial charge in [-0.2, -0.15) is 0 Å². The van der Waals surface area contributed by atoms with Crippen LogP contribution in [-0.4, -0.2) is 51.7 Å². The van der Waals surface area contributed by atoms with E-state index in [9.17, 15) is 0 Å². The lowest BCUT2D eigenvalue weighted by atomic mass is 10.1. The monoisotopic (exact) mass is 360 g/mol. The van der Waals surface area contributed by atoms with Crippen molar-refractivity contribution in [2.75, 3.05) is 19.6 Å². The van der Waals surface area contributed by atoms with E-state index >= 15 is 0 Å². The summed E-state index contributed by atoms with van der Waals surface area (Å²) in [5.74, 6) is 0.588. The van der Waals surface area contributed by atoms with E-state index in [0.717, 1.165) is 31.0 Å². The van der Waals surface area contributed by atoms with Crippen LogP contribution in [0, 0.1) is 0 Å². The minimum Gasteiger partial charge on any atom is -0.471 e. The van der Waals surface area contributed by atoms with Gasteiger partial charge in [-0.3, -0.25) is 14.9 Å². The number of likely N-dealkylation sites (tertiary alicyclic amines) is 1. The Balaban J connectivity index is 1.19. The minimum atomic E-state index is 0.0127. The molecule has 7 nitrogen and oxygen atoms in total. The van der Waals surface area contributed by atoms with Gasteiger partial charge < -0.3 is 15.0 Å². The van der Waals surface area contributed by atoms with Crippen molar-refractivity contribution in [1.29, 1.82) is 0 Å². The summed E-state index contributed by atoms with van der Waals surface area (Å²) < 4.78 is 5.82. The molecule has 27 heavy (non-hydrogen) atoms. The molecule has 136 valence electrons. The van der Waals surface area contributed by atoms with Crippen molar-refractivity contribution in [1.82, 2.24) is 25.1 Å². The van der Waals surface area contributed by atoms with Gasteiger partial charge in [0.15, 0.2) is 6.17 Å². The van der Waals surface area contributed by atoms with E-state index in [1.165, 1.54) is 5.56 Å². The molecule has 1 N–H and O–H groups in total. The third-order valence-electron chi connectivity index (χ3n) is 4.85. The number of rotatable bonds is 5. The smallest absolute Gasteiger partial charge is 0.232 e. The van der Waals surface area contributed by atoms with Crippen molar-refractivity contribution in [3.63, 3.8) is 0 Å². The van der Waals surface area contributed by atoms with Crippen molar-refractivity contribution in [3.05, 3.63) is 78.3 Å². The number of benzene rings is 1. The molecule has 1 aromatic heterocycles. The maximum atomic E-state index is 5.82. The standard InChI is InChI=1S/C20H20N6O/c1-2-4-15(5-3-1)20-24-9-17-8-23-16(12-26(17)20)11-25-13-18(14-25)27-19-10-21-6-7-22-19/h1-10,12,18,20,23H,11,13-14H2. The van der Waals surface area contributed by atoms with Gasteiger partial charge in [-0.1, -0.05) is 30.3 Å². The molecular formula is C20H20N6O. The molecule has 1 atom stereocenters. The van der Waals surface area contributed by atoms with E-state index in [2.05, 4.69) is 60.5 Å². The summed E-state index contributed by atoms with van der Waals surface area (Å²) in [6.45, 7) is 2.61. The number of aliphatic imine (C=N–C) groups is 1. The third-order valence-corrected chi connectivity index (χ3v) is 4.85. The summed E-state index contributed by atoms with van der Waals surface area (Å²) in [4.78, 5) is 17.4. The van der Waals surface area contributed by atoms with E-state index in [0.29, 0.717) is 5.88 Å². The predicted molar refractivity (Wildman–Crippen MR) is 102 cm³/mol. The molecule has 2 aromatic rings. The summed E-state index contributed by atoms with van der Waals surface area (Å²) in [6.07, 6.45) is 11.2. The molecule has 0 aliphatic carbocycles. The summed E-state index contributed by atoms with van der Waals surface area (Å²) in [7, 11) is 0. The molecule has 3 aliphatic rings. The molecular weight excluding hydrogens is 340 g/mol. The Morgan fingerprint density at radius 3 is 2.85 bits per heavy atom. The van der Waals surface area contributed by atoms with E-state index in [-0.39, 0.29) is 12.3 Å². The first-order valence-corrected chi connectivity index (χ1v) is 9.04. The van der Waals surface area contributed by atoms with E-state index in [1.807, 2.05) is 18.5 Å². The van der Waals surface area contributed by atoms with Gasteiger partial charge in [0.2, 0.25) is 5.88 Å². The molecule has 1 aromatic carbocycles. The zero-order chi connectivity index (χ0) is 18.1. The number of nitrogens with zero attached hydrogens (tertiary/aromatic N) is 5. The lowest BCUT2D eigenvalue weighted by Crippen LogP contribution is -2.55. The fraction of sp³-hybridized carbons (Fsp3) is 0.250. The average molecular weight is 360 g/mol. The molecule has 0 radical (unpaired) electrons. The van der Waals surface area contributed by atoms with Crippen LogP contribution in [0.15, 0.2) is 77.7 Å². The predicted octanol–water partition coefficient (Wildman–Crippen LogP) is 1.91. The van der Waals surface area contributed by atoms with Crippen LogP contribution in [0.1, 0.15) is 11.7 Å². The Labute approximate surface area is 157 Å². The molecule has 0 saturated carbocycles. The number of allylic oxidation sites excluding steroid dienone is 1. The summed E-state index contributed by atoms with van der Waals surface area (Å²) >= 11 is 0. The van der Waals surface area contributed by atoms with Crippen LogP contribution < -0.4 is 10.1 Å². The van der Waals surface area contributed by atoms with Crippen LogP contribution in [0.2, 0.25) is 0 Å². The second kappa shape index (κ2) is 6.85. The van der Waals surface area contributed by atoms with Crippen molar-refractivity contribution in [2.24, 2.45) is 4.99 Å². The molecule has 1 unspecified atom stereocenters. The number of ether oxygens (including phenoxy) is 1. The molecule has 1 fully saturated rings. The van der Waals surface area contributed by atoms with Gasteiger partial charge >= 0.3 is 0 Å². The Bertz CT molecular complexity index is 889. The van der Waals surface area contributed by atoms with Gasteiger partial charge in [-0.25, -0.2) is 4.98 Å². The van der Waals surface area contributed by atoms with Crippen LogP contribution in [0.5, 0.6) is 5.88 Å². The molecule has 7 heteroatoms. The van der Waals surface area contributed by atoms with Crippen molar-refractivity contribution in [2.45, 2.75) is 12.3 Å². The number of hydrogen-bond acceptors (Lipinski definition) is 7. The fourth-order valence-corrected chi connectivity index (χ4v) is 3.50.